The van der Waals surface area contributed by atoms with Gasteiger partial charge in [-0.05, 0) is 24.6 Å². The second kappa shape index (κ2) is 5.63. The number of benzene rings is 1. The van der Waals surface area contributed by atoms with Crippen molar-refractivity contribution in [2.24, 2.45) is 0 Å². The molecular weight excluding hydrogens is 363 g/mol. The van der Waals surface area contributed by atoms with Crippen LogP contribution in [-0.4, -0.2) is 27.7 Å². The molecule has 0 bridgehead atoms. The molecule has 2 rings (SSSR count). The Morgan fingerprint density at radius 1 is 1.30 bits per heavy atom. The van der Waals surface area contributed by atoms with E-state index in [0.29, 0.717) is 19.1 Å². The Kier molecular flexibility index (Phi) is 4.43. The van der Waals surface area contributed by atoms with Gasteiger partial charge < -0.3 is 4.74 Å². The minimum atomic E-state index is -4.61. The molecule has 0 saturated carbocycles. The largest absolute Gasteiger partial charge is 0.416 e. The fourth-order valence-electron chi connectivity index (χ4n) is 1.80. The smallest absolute Gasteiger partial charge is 0.380 e. The van der Waals surface area contributed by atoms with Crippen molar-refractivity contribution in [3.8, 4) is 0 Å². The molecule has 0 aliphatic carbocycles. The van der Waals surface area contributed by atoms with Crippen molar-refractivity contribution < 1.29 is 26.3 Å². The summed E-state index contributed by atoms with van der Waals surface area (Å²) in [6.45, 7) is 0.652. The molecule has 0 spiro atoms. The summed E-state index contributed by atoms with van der Waals surface area (Å²) >= 11 is 2.89. The van der Waals surface area contributed by atoms with E-state index in [1.165, 1.54) is 0 Å². The molecule has 0 radical (unpaired) electrons. The van der Waals surface area contributed by atoms with Crippen molar-refractivity contribution in [2.75, 3.05) is 13.2 Å². The third-order valence-electron chi connectivity index (χ3n) is 2.76. The van der Waals surface area contributed by atoms with Gasteiger partial charge in [-0.1, -0.05) is 15.9 Å². The Morgan fingerprint density at radius 3 is 2.55 bits per heavy atom. The van der Waals surface area contributed by atoms with Gasteiger partial charge in [0.25, 0.3) is 0 Å². The standard InChI is InChI=1S/C11H11BrF3NO3S/c12-8-3-7(11(13,14)15)4-10(5-8)20(17,18)16-9-1-2-19-6-9/h3-5,9,16H,1-2,6H2. The van der Waals surface area contributed by atoms with Crippen LogP contribution in [0.1, 0.15) is 12.0 Å². The third kappa shape index (κ3) is 3.72. The summed E-state index contributed by atoms with van der Waals surface area (Å²) in [5, 5.41) is 0. The van der Waals surface area contributed by atoms with E-state index in [9.17, 15) is 21.6 Å². The molecule has 4 nitrogen and oxygen atoms in total. The van der Waals surface area contributed by atoms with Crippen molar-refractivity contribution in [3.05, 3.63) is 28.2 Å². The van der Waals surface area contributed by atoms with Crippen LogP contribution in [0.25, 0.3) is 0 Å². The first kappa shape index (κ1) is 15.7. The molecule has 1 aliphatic heterocycles. The average Bonchev–Trinajstić information content (AvgIpc) is 2.79. The summed E-state index contributed by atoms with van der Waals surface area (Å²) < 4.78 is 69.6. The summed E-state index contributed by atoms with van der Waals surface area (Å²) in [5.41, 5.74) is -1.02. The summed E-state index contributed by atoms with van der Waals surface area (Å²) in [7, 11) is -4.01. The molecule has 1 unspecified atom stereocenters. The molecule has 1 aromatic rings. The molecule has 1 fully saturated rings. The van der Waals surface area contributed by atoms with Crippen molar-refractivity contribution >= 4 is 26.0 Å². The monoisotopic (exact) mass is 373 g/mol. The zero-order valence-electron chi connectivity index (χ0n) is 10.1. The summed E-state index contributed by atoms with van der Waals surface area (Å²) in [4.78, 5) is -0.425. The van der Waals surface area contributed by atoms with Gasteiger partial charge in [0.15, 0.2) is 0 Å². The molecule has 1 aliphatic rings. The topological polar surface area (TPSA) is 55.4 Å². The van der Waals surface area contributed by atoms with Crippen LogP contribution in [0, 0.1) is 0 Å². The number of hydrogen-bond acceptors (Lipinski definition) is 3. The lowest BCUT2D eigenvalue weighted by molar-refractivity contribution is -0.137. The minimum Gasteiger partial charge on any atom is -0.380 e. The number of sulfonamides is 1. The summed E-state index contributed by atoms with van der Waals surface area (Å²) in [6.07, 6.45) is -4.11. The van der Waals surface area contributed by atoms with Gasteiger partial charge in [0.2, 0.25) is 10.0 Å². The number of hydrogen-bond donors (Lipinski definition) is 1. The van der Waals surface area contributed by atoms with E-state index in [4.69, 9.17) is 4.74 Å². The summed E-state index contributed by atoms with van der Waals surface area (Å²) in [5.74, 6) is 0. The maximum Gasteiger partial charge on any atom is 0.416 e. The number of alkyl halides is 3. The quantitative estimate of drug-likeness (QED) is 0.885. The Hall–Kier alpha value is -0.640. The Morgan fingerprint density at radius 2 is 2.00 bits per heavy atom. The highest BCUT2D eigenvalue weighted by Crippen LogP contribution is 2.33. The number of ether oxygens (including phenoxy) is 1. The highest BCUT2D eigenvalue weighted by atomic mass is 79.9. The lowest BCUT2D eigenvalue weighted by atomic mass is 10.2. The normalized spacial score (nSPS) is 20.3. The van der Waals surface area contributed by atoms with Crippen molar-refractivity contribution in [3.63, 3.8) is 0 Å². The minimum absolute atomic E-state index is 0.0513. The number of nitrogens with one attached hydrogen (secondary N) is 1. The van der Waals surface area contributed by atoms with Gasteiger partial charge >= 0.3 is 6.18 Å². The van der Waals surface area contributed by atoms with Gasteiger partial charge in [-0.3, -0.25) is 0 Å². The number of halogens is 4. The van der Waals surface area contributed by atoms with Gasteiger partial charge in [-0.2, -0.15) is 13.2 Å². The van der Waals surface area contributed by atoms with E-state index in [2.05, 4.69) is 20.7 Å². The van der Waals surface area contributed by atoms with E-state index in [1.54, 1.807) is 0 Å². The van der Waals surface area contributed by atoms with E-state index >= 15 is 0 Å². The molecule has 1 heterocycles. The first-order valence-electron chi connectivity index (χ1n) is 5.66. The van der Waals surface area contributed by atoms with E-state index < -0.39 is 32.7 Å². The van der Waals surface area contributed by atoms with Crippen molar-refractivity contribution in [1.82, 2.24) is 4.72 Å². The lowest BCUT2D eigenvalue weighted by Gasteiger charge is -2.14. The van der Waals surface area contributed by atoms with Crippen LogP contribution >= 0.6 is 15.9 Å². The highest BCUT2D eigenvalue weighted by molar-refractivity contribution is 9.10. The van der Waals surface area contributed by atoms with E-state index in [-0.39, 0.29) is 11.1 Å². The van der Waals surface area contributed by atoms with Crippen LogP contribution < -0.4 is 4.72 Å². The molecule has 1 atom stereocenters. The highest BCUT2D eigenvalue weighted by Gasteiger charge is 2.33. The SMILES string of the molecule is O=S(=O)(NC1CCOC1)c1cc(Br)cc(C(F)(F)F)c1. The van der Waals surface area contributed by atoms with E-state index in [1.807, 2.05) is 0 Å². The van der Waals surface area contributed by atoms with Gasteiger partial charge in [-0.25, -0.2) is 13.1 Å². The molecule has 1 aromatic carbocycles. The molecule has 9 heteroatoms. The third-order valence-corrected chi connectivity index (χ3v) is 4.72. The van der Waals surface area contributed by atoms with Crippen molar-refractivity contribution in [2.45, 2.75) is 23.5 Å². The predicted octanol–water partition coefficient (Wildman–Crippen LogP) is 2.54. The predicted molar refractivity (Wildman–Crippen MR) is 68.7 cm³/mol. The Balaban J connectivity index is 2.33. The zero-order valence-corrected chi connectivity index (χ0v) is 12.5. The lowest BCUT2D eigenvalue weighted by Crippen LogP contribution is -2.35. The van der Waals surface area contributed by atoms with E-state index in [0.717, 1.165) is 12.1 Å². The first-order chi connectivity index (χ1) is 9.18. The fraction of sp³-hybridized carbons (Fsp3) is 0.455. The van der Waals surface area contributed by atoms with Crippen LogP contribution in [-0.2, 0) is 20.9 Å². The van der Waals surface area contributed by atoms with Crippen molar-refractivity contribution in [1.29, 1.82) is 0 Å². The van der Waals surface area contributed by atoms with Gasteiger partial charge in [0.05, 0.1) is 17.1 Å². The molecule has 0 aromatic heterocycles. The van der Waals surface area contributed by atoms with Crippen LogP contribution in [0.2, 0.25) is 0 Å². The van der Waals surface area contributed by atoms with Gasteiger partial charge in [0, 0.05) is 17.1 Å². The van der Waals surface area contributed by atoms with Crippen LogP contribution in [0.5, 0.6) is 0 Å². The number of rotatable bonds is 3. The average molecular weight is 374 g/mol. The van der Waals surface area contributed by atoms with Gasteiger partial charge in [-0.15, -0.1) is 0 Å². The maximum atomic E-state index is 12.7. The molecule has 112 valence electrons. The fourth-order valence-corrected chi connectivity index (χ4v) is 3.77. The second-order valence-electron chi connectivity index (χ2n) is 4.36. The molecule has 1 saturated heterocycles. The van der Waals surface area contributed by atoms with Crippen LogP contribution in [0.4, 0.5) is 13.2 Å². The zero-order chi connectivity index (χ0) is 15.0. The molecule has 1 N–H and O–H groups in total. The molecular formula is C11H11BrF3NO3S. The molecule has 0 amide bonds. The van der Waals surface area contributed by atoms with Crippen LogP contribution in [0.3, 0.4) is 0 Å². The second-order valence-corrected chi connectivity index (χ2v) is 6.98. The van der Waals surface area contributed by atoms with Crippen LogP contribution in [0.15, 0.2) is 27.6 Å². The Bertz CT molecular complexity index is 597. The maximum absolute atomic E-state index is 12.7. The Labute approximate surface area is 122 Å². The van der Waals surface area contributed by atoms with Gasteiger partial charge in [0.1, 0.15) is 0 Å². The summed E-state index contributed by atoms with van der Waals surface area (Å²) in [6, 6.07) is 2.17. The molecule has 20 heavy (non-hydrogen) atoms. The first-order valence-corrected chi connectivity index (χ1v) is 7.94.